The van der Waals surface area contributed by atoms with Gasteiger partial charge in [0.2, 0.25) is 0 Å². The topological polar surface area (TPSA) is 45.7 Å². The van der Waals surface area contributed by atoms with E-state index in [2.05, 4.69) is 23.7 Å². The van der Waals surface area contributed by atoms with Crippen molar-refractivity contribution in [3.05, 3.63) is 39.9 Å². The summed E-state index contributed by atoms with van der Waals surface area (Å²) >= 11 is 7.59. The van der Waals surface area contributed by atoms with Gasteiger partial charge in [0, 0.05) is 43.3 Å². The molecule has 2 saturated heterocycles. The molecule has 0 radical (unpaired) electrons. The summed E-state index contributed by atoms with van der Waals surface area (Å²) < 4.78 is 5.85. The van der Waals surface area contributed by atoms with Crippen molar-refractivity contribution < 1.29 is 9.53 Å². The van der Waals surface area contributed by atoms with Crippen LogP contribution in [0.5, 0.6) is 0 Å². The Hall–Kier alpha value is -1.47. The molecule has 4 rings (SSSR count). The number of halogens is 1. The van der Waals surface area contributed by atoms with Gasteiger partial charge in [0.15, 0.2) is 0 Å². The van der Waals surface area contributed by atoms with E-state index >= 15 is 0 Å². The first kappa shape index (κ1) is 21.8. The number of hydrogen-bond donors (Lipinski definition) is 0. The van der Waals surface area contributed by atoms with E-state index in [1.807, 2.05) is 36.1 Å². The number of rotatable bonds is 4. The molecule has 2 unspecified atom stereocenters. The quantitative estimate of drug-likeness (QED) is 0.679. The summed E-state index contributed by atoms with van der Waals surface area (Å²) in [4.78, 5) is 23.1. The van der Waals surface area contributed by atoms with E-state index in [4.69, 9.17) is 16.3 Å². The van der Waals surface area contributed by atoms with E-state index < -0.39 is 0 Å². The van der Waals surface area contributed by atoms with Gasteiger partial charge in [-0.3, -0.25) is 9.69 Å². The summed E-state index contributed by atoms with van der Waals surface area (Å²) in [7, 11) is 0. The minimum Gasteiger partial charge on any atom is -0.373 e. The number of ether oxygens (including phenoxy) is 1. The van der Waals surface area contributed by atoms with Crippen LogP contribution in [0.25, 0.3) is 10.6 Å². The fourth-order valence-corrected chi connectivity index (χ4v) is 5.82. The largest absolute Gasteiger partial charge is 0.373 e. The molecule has 0 saturated carbocycles. The molecule has 0 bridgehead atoms. The lowest BCUT2D eigenvalue weighted by atomic mass is 9.95. The molecule has 30 heavy (non-hydrogen) atoms. The van der Waals surface area contributed by atoms with Gasteiger partial charge in [-0.2, -0.15) is 0 Å². The molecule has 2 aliphatic heterocycles. The van der Waals surface area contributed by atoms with Crippen molar-refractivity contribution in [1.29, 1.82) is 0 Å². The Balaban J connectivity index is 1.35. The van der Waals surface area contributed by atoms with Crippen molar-refractivity contribution >= 4 is 28.8 Å². The third kappa shape index (κ3) is 5.05. The second-order valence-corrected chi connectivity index (χ2v) is 10.1. The molecule has 1 aromatic carbocycles. The van der Waals surface area contributed by atoms with Crippen LogP contribution in [-0.2, 0) is 4.74 Å². The number of amides is 1. The molecule has 162 valence electrons. The number of aromatic nitrogens is 1. The molecule has 0 N–H and O–H groups in total. The fraction of sp³-hybridized carbons (Fsp3) is 0.565. The van der Waals surface area contributed by atoms with Crippen LogP contribution in [0.4, 0.5) is 0 Å². The Morgan fingerprint density at radius 2 is 1.93 bits per heavy atom. The van der Waals surface area contributed by atoms with E-state index in [0.29, 0.717) is 23.1 Å². The Morgan fingerprint density at radius 1 is 1.23 bits per heavy atom. The van der Waals surface area contributed by atoms with Crippen LogP contribution >= 0.6 is 22.9 Å². The SMILES string of the molecule is Cc1nc(-c2cccc(Cl)c2)sc1C(=O)N1CCC(CN2CC(C)OC(C)C2)CC1. The number of aryl methyl sites for hydroxylation is 1. The van der Waals surface area contributed by atoms with Crippen LogP contribution in [0.2, 0.25) is 5.02 Å². The highest BCUT2D eigenvalue weighted by Gasteiger charge is 2.29. The molecule has 2 aliphatic rings. The lowest BCUT2D eigenvalue weighted by molar-refractivity contribution is -0.0728. The highest BCUT2D eigenvalue weighted by molar-refractivity contribution is 7.17. The summed E-state index contributed by atoms with van der Waals surface area (Å²) in [6.07, 6.45) is 2.73. The molecule has 2 aromatic rings. The summed E-state index contributed by atoms with van der Waals surface area (Å²) in [6, 6.07) is 7.64. The number of likely N-dealkylation sites (tertiary alicyclic amines) is 1. The zero-order valence-electron chi connectivity index (χ0n) is 17.9. The number of benzene rings is 1. The first-order valence-corrected chi connectivity index (χ1v) is 12.0. The van der Waals surface area contributed by atoms with Gasteiger partial charge >= 0.3 is 0 Å². The lowest BCUT2D eigenvalue weighted by Crippen LogP contribution is -2.48. The molecule has 2 atom stereocenters. The van der Waals surface area contributed by atoms with Gasteiger partial charge in [-0.25, -0.2) is 4.98 Å². The fourth-order valence-electron chi connectivity index (χ4n) is 4.60. The van der Waals surface area contributed by atoms with Crippen LogP contribution in [0.15, 0.2) is 24.3 Å². The molecule has 0 aliphatic carbocycles. The first-order chi connectivity index (χ1) is 14.4. The monoisotopic (exact) mass is 447 g/mol. The molecule has 1 amide bonds. The Morgan fingerprint density at radius 3 is 2.60 bits per heavy atom. The zero-order valence-corrected chi connectivity index (χ0v) is 19.5. The average molecular weight is 448 g/mol. The minimum absolute atomic E-state index is 0.116. The normalized spacial score (nSPS) is 23.7. The highest BCUT2D eigenvalue weighted by atomic mass is 35.5. The van der Waals surface area contributed by atoms with Crippen molar-refractivity contribution in [3.8, 4) is 10.6 Å². The lowest BCUT2D eigenvalue weighted by Gasteiger charge is -2.39. The maximum atomic E-state index is 13.2. The number of nitrogens with zero attached hydrogens (tertiary/aromatic N) is 3. The smallest absolute Gasteiger partial charge is 0.265 e. The first-order valence-electron chi connectivity index (χ1n) is 10.8. The Bertz CT molecular complexity index is 884. The zero-order chi connectivity index (χ0) is 21.3. The van der Waals surface area contributed by atoms with Gasteiger partial charge in [0.1, 0.15) is 9.88 Å². The van der Waals surface area contributed by atoms with E-state index in [1.165, 1.54) is 11.3 Å². The highest BCUT2D eigenvalue weighted by Crippen LogP contribution is 2.31. The molecule has 1 aromatic heterocycles. The summed E-state index contributed by atoms with van der Waals surface area (Å²) in [6.45, 7) is 11.0. The number of carbonyl (C=O) groups is 1. The minimum atomic E-state index is 0.116. The van der Waals surface area contributed by atoms with E-state index in [-0.39, 0.29) is 5.91 Å². The van der Waals surface area contributed by atoms with Crippen LogP contribution in [0.3, 0.4) is 0 Å². The van der Waals surface area contributed by atoms with Gasteiger partial charge in [0.05, 0.1) is 17.9 Å². The van der Waals surface area contributed by atoms with Crippen molar-refractivity contribution in [2.75, 3.05) is 32.7 Å². The molecule has 2 fully saturated rings. The van der Waals surface area contributed by atoms with Gasteiger partial charge < -0.3 is 9.64 Å². The maximum Gasteiger partial charge on any atom is 0.265 e. The van der Waals surface area contributed by atoms with Crippen LogP contribution in [-0.4, -0.2) is 65.6 Å². The van der Waals surface area contributed by atoms with Gasteiger partial charge in [-0.05, 0) is 51.7 Å². The maximum absolute atomic E-state index is 13.2. The average Bonchev–Trinajstić information content (AvgIpc) is 3.09. The second kappa shape index (κ2) is 9.35. The standard InChI is InChI=1S/C23H30ClN3O2S/c1-15-12-26(13-16(2)29-15)14-18-7-9-27(10-8-18)23(28)21-17(3)25-22(30-21)19-5-4-6-20(24)11-19/h4-6,11,15-16,18H,7-10,12-14H2,1-3H3. The number of morpholine rings is 1. The number of hydrogen-bond acceptors (Lipinski definition) is 5. The third-order valence-corrected chi connectivity index (χ3v) is 7.41. The van der Waals surface area contributed by atoms with E-state index in [1.54, 1.807) is 0 Å². The van der Waals surface area contributed by atoms with Gasteiger partial charge in [0.25, 0.3) is 5.91 Å². The number of carbonyl (C=O) groups excluding carboxylic acids is 1. The molecular weight excluding hydrogens is 418 g/mol. The third-order valence-electron chi connectivity index (χ3n) is 5.98. The van der Waals surface area contributed by atoms with E-state index in [9.17, 15) is 4.79 Å². The predicted octanol–water partition coefficient (Wildman–Crippen LogP) is 4.73. The number of thiazole rings is 1. The number of piperidine rings is 1. The second-order valence-electron chi connectivity index (χ2n) is 8.66. The molecule has 5 nitrogen and oxygen atoms in total. The molecule has 7 heteroatoms. The molecule has 0 spiro atoms. The van der Waals surface area contributed by atoms with Gasteiger partial charge in [-0.1, -0.05) is 23.7 Å². The van der Waals surface area contributed by atoms with E-state index in [0.717, 1.165) is 66.7 Å². The van der Waals surface area contributed by atoms with Crippen molar-refractivity contribution in [1.82, 2.24) is 14.8 Å². The van der Waals surface area contributed by atoms with Crippen LogP contribution in [0.1, 0.15) is 42.1 Å². The summed E-state index contributed by atoms with van der Waals surface area (Å²) in [5, 5.41) is 1.53. The molecule has 3 heterocycles. The summed E-state index contributed by atoms with van der Waals surface area (Å²) in [5.41, 5.74) is 1.76. The van der Waals surface area contributed by atoms with Crippen molar-refractivity contribution in [3.63, 3.8) is 0 Å². The van der Waals surface area contributed by atoms with Crippen LogP contribution < -0.4 is 0 Å². The molecular formula is C23H30ClN3O2S. The van der Waals surface area contributed by atoms with Crippen molar-refractivity contribution in [2.24, 2.45) is 5.92 Å². The Kier molecular flexibility index (Phi) is 6.78. The summed E-state index contributed by atoms with van der Waals surface area (Å²) in [5.74, 6) is 0.765. The van der Waals surface area contributed by atoms with Crippen molar-refractivity contribution in [2.45, 2.75) is 45.8 Å². The van der Waals surface area contributed by atoms with Gasteiger partial charge in [-0.15, -0.1) is 11.3 Å². The van der Waals surface area contributed by atoms with Crippen LogP contribution in [0, 0.1) is 12.8 Å². The Labute approximate surface area is 188 Å². The predicted molar refractivity (Wildman–Crippen MR) is 122 cm³/mol.